The number of hydrogen-bond acceptors (Lipinski definition) is 6. The summed E-state index contributed by atoms with van der Waals surface area (Å²) >= 11 is 0. The molecule has 2 N–H and O–H groups in total. The zero-order valence-corrected chi connectivity index (χ0v) is 13.5. The number of methoxy groups -OCH3 is 3. The van der Waals surface area contributed by atoms with Crippen LogP contribution in [0.25, 0.3) is 0 Å². The largest absolute Gasteiger partial charge is 0.453 e. The lowest BCUT2D eigenvalue weighted by molar-refractivity contribution is -0.104. The van der Waals surface area contributed by atoms with Crippen molar-refractivity contribution < 1.29 is 27.4 Å². The minimum absolute atomic E-state index is 0.0919. The van der Waals surface area contributed by atoms with Crippen LogP contribution >= 0.6 is 0 Å². The molecule has 0 aliphatic carbocycles. The van der Waals surface area contributed by atoms with Crippen molar-refractivity contribution in [3.8, 4) is 0 Å². The summed E-state index contributed by atoms with van der Waals surface area (Å²) in [6.45, 7) is 0.177. The summed E-state index contributed by atoms with van der Waals surface area (Å²) in [7, 11) is 0.577. The number of carbonyl (C=O) groups excluding carboxylic acids is 1. The summed E-state index contributed by atoms with van der Waals surface area (Å²) in [5, 5.41) is 2.43. The third-order valence-electron chi connectivity index (χ3n) is 2.79. The second kappa shape index (κ2) is 8.69. The smallest absolute Gasteiger partial charge is 0.411 e. The molecule has 0 bridgehead atoms. The van der Waals surface area contributed by atoms with Crippen LogP contribution < -0.4 is 10.0 Å². The van der Waals surface area contributed by atoms with Crippen molar-refractivity contribution in [3.05, 3.63) is 24.3 Å². The Morgan fingerprint density at radius 2 is 1.73 bits per heavy atom. The fraction of sp³-hybridized carbons (Fsp3) is 0.462. The number of nitrogens with one attached hydrogen (secondary N) is 2. The first-order valence-corrected chi connectivity index (χ1v) is 7.91. The van der Waals surface area contributed by atoms with Gasteiger partial charge in [0.25, 0.3) is 0 Å². The lowest BCUT2D eigenvalue weighted by Gasteiger charge is -2.13. The van der Waals surface area contributed by atoms with Crippen molar-refractivity contribution in [3.63, 3.8) is 0 Å². The molecule has 0 spiro atoms. The van der Waals surface area contributed by atoms with Crippen molar-refractivity contribution >= 4 is 21.8 Å². The molecule has 0 fully saturated rings. The topological polar surface area (TPSA) is 103 Å². The molecule has 8 nitrogen and oxygen atoms in total. The number of anilines is 1. The van der Waals surface area contributed by atoms with E-state index in [2.05, 4.69) is 14.8 Å². The third-order valence-corrected chi connectivity index (χ3v) is 4.27. The maximum Gasteiger partial charge on any atom is 0.411 e. The SMILES string of the molecule is COC(=O)Nc1ccc(S(=O)(=O)NCCC(OC)OC)cc1. The average Bonchev–Trinajstić information content (AvgIpc) is 2.52. The van der Waals surface area contributed by atoms with Gasteiger partial charge in [0.1, 0.15) is 0 Å². The quantitative estimate of drug-likeness (QED) is 0.692. The molecule has 1 aromatic rings. The Morgan fingerprint density at radius 1 is 1.14 bits per heavy atom. The first-order chi connectivity index (χ1) is 10.4. The van der Waals surface area contributed by atoms with E-state index in [0.717, 1.165) is 0 Å². The second-order valence-corrected chi connectivity index (χ2v) is 6.00. The van der Waals surface area contributed by atoms with E-state index in [1.54, 1.807) is 0 Å². The highest BCUT2D eigenvalue weighted by molar-refractivity contribution is 7.89. The molecule has 124 valence electrons. The molecule has 1 rings (SSSR count). The maximum absolute atomic E-state index is 12.1. The predicted molar refractivity (Wildman–Crippen MR) is 80.1 cm³/mol. The fourth-order valence-electron chi connectivity index (χ4n) is 1.61. The minimum Gasteiger partial charge on any atom is -0.453 e. The molecule has 0 unspecified atom stereocenters. The minimum atomic E-state index is -3.63. The van der Waals surface area contributed by atoms with E-state index < -0.39 is 22.4 Å². The Kier molecular flexibility index (Phi) is 7.25. The van der Waals surface area contributed by atoms with Crippen LogP contribution in [-0.2, 0) is 24.2 Å². The highest BCUT2D eigenvalue weighted by Crippen LogP contribution is 2.14. The Morgan fingerprint density at radius 3 is 2.23 bits per heavy atom. The van der Waals surface area contributed by atoms with Gasteiger partial charge in [0.05, 0.1) is 12.0 Å². The molecule has 0 radical (unpaired) electrons. The Bertz CT molecular complexity index is 569. The van der Waals surface area contributed by atoms with Gasteiger partial charge in [0, 0.05) is 32.9 Å². The zero-order chi connectivity index (χ0) is 16.6. The Balaban J connectivity index is 2.63. The number of hydrogen-bond donors (Lipinski definition) is 2. The van der Waals surface area contributed by atoms with Crippen LogP contribution in [0.4, 0.5) is 10.5 Å². The van der Waals surface area contributed by atoms with Crippen molar-refractivity contribution in [1.82, 2.24) is 4.72 Å². The molecular formula is C13H20N2O6S. The van der Waals surface area contributed by atoms with Gasteiger partial charge in [-0.15, -0.1) is 0 Å². The Hall–Kier alpha value is -1.68. The van der Waals surface area contributed by atoms with Crippen LogP contribution in [0.15, 0.2) is 29.2 Å². The van der Waals surface area contributed by atoms with Gasteiger partial charge in [0.15, 0.2) is 6.29 Å². The fourth-order valence-corrected chi connectivity index (χ4v) is 2.66. The molecule has 22 heavy (non-hydrogen) atoms. The lowest BCUT2D eigenvalue weighted by atomic mass is 10.3. The molecule has 0 aliphatic heterocycles. The number of rotatable bonds is 8. The molecule has 0 aliphatic rings. The van der Waals surface area contributed by atoms with E-state index in [9.17, 15) is 13.2 Å². The predicted octanol–water partition coefficient (Wildman–Crippen LogP) is 1.15. The molecular weight excluding hydrogens is 312 g/mol. The van der Waals surface area contributed by atoms with Crippen LogP contribution in [0.3, 0.4) is 0 Å². The van der Waals surface area contributed by atoms with Crippen molar-refractivity contribution in [2.24, 2.45) is 0 Å². The third kappa shape index (κ3) is 5.60. The molecule has 0 aromatic heterocycles. The van der Waals surface area contributed by atoms with E-state index in [4.69, 9.17) is 9.47 Å². The number of sulfonamides is 1. The summed E-state index contributed by atoms with van der Waals surface area (Å²) in [5.74, 6) is 0. The van der Waals surface area contributed by atoms with Gasteiger partial charge in [-0.05, 0) is 24.3 Å². The van der Waals surface area contributed by atoms with Gasteiger partial charge in [-0.3, -0.25) is 5.32 Å². The molecule has 1 aromatic carbocycles. The molecule has 0 saturated heterocycles. The van der Waals surface area contributed by atoms with Crippen molar-refractivity contribution in [1.29, 1.82) is 0 Å². The molecule has 0 saturated carbocycles. The first-order valence-electron chi connectivity index (χ1n) is 6.43. The van der Waals surface area contributed by atoms with Crippen molar-refractivity contribution in [2.45, 2.75) is 17.6 Å². The second-order valence-electron chi connectivity index (χ2n) is 4.23. The zero-order valence-electron chi connectivity index (χ0n) is 12.7. The van der Waals surface area contributed by atoms with Crippen LogP contribution in [0.2, 0.25) is 0 Å². The van der Waals surface area contributed by atoms with E-state index in [1.807, 2.05) is 0 Å². The highest BCUT2D eigenvalue weighted by atomic mass is 32.2. The summed E-state index contributed by atoms with van der Waals surface area (Å²) in [6, 6.07) is 5.71. The van der Waals surface area contributed by atoms with Crippen LogP contribution in [-0.4, -0.2) is 48.7 Å². The lowest BCUT2D eigenvalue weighted by Crippen LogP contribution is -2.28. The summed E-state index contributed by atoms with van der Waals surface area (Å²) in [6.07, 6.45) is -0.706. The maximum atomic E-state index is 12.1. The van der Waals surface area contributed by atoms with Gasteiger partial charge < -0.3 is 14.2 Å². The van der Waals surface area contributed by atoms with E-state index in [0.29, 0.717) is 12.1 Å². The van der Waals surface area contributed by atoms with E-state index in [-0.39, 0.29) is 11.4 Å². The number of benzene rings is 1. The molecule has 9 heteroatoms. The molecule has 1 amide bonds. The normalized spacial score (nSPS) is 11.5. The van der Waals surface area contributed by atoms with E-state index >= 15 is 0 Å². The Labute approximate surface area is 129 Å². The monoisotopic (exact) mass is 332 g/mol. The van der Waals surface area contributed by atoms with E-state index in [1.165, 1.54) is 45.6 Å². The molecule has 0 heterocycles. The number of amides is 1. The van der Waals surface area contributed by atoms with Gasteiger partial charge >= 0.3 is 6.09 Å². The van der Waals surface area contributed by atoms with Gasteiger partial charge in [-0.25, -0.2) is 17.9 Å². The number of carbonyl (C=O) groups is 1. The van der Waals surface area contributed by atoms with Gasteiger partial charge in [-0.1, -0.05) is 0 Å². The summed E-state index contributed by atoms with van der Waals surface area (Å²) < 4.78 is 41.0. The number of ether oxygens (including phenoxy) is 3. The van der Waals surface area contributed by atoms with Gasteiger partial charge in [0.2, 0.25) is 10.0 Å². The molecule has 0 atom stereocenters. The standard InChI is InChI=1S/C13H20N2O6S/c1-19-12(20-2)8-9-14-22(17,18)11-6-4-10(5-7-11)15-13(16)21-3/h4-7,12,14H,8-9H2,1-3H3,(H,15,16). The van der Waals surface area contributed by atoms with Crippen LogP contribution in [0.5, 0.6) is 0 Å². The highest BCUT2D eigenvalue weighted by Gasteiger charge is 2.15. The van der Waals surface area contributed by atoms with Crippen LogP contribution in [0, 0.1) is 0 Å². The summed E-state index contributed by atoms with van der Waals surface area (Å²) in [5.41, 5.74) is 0.435. The van der Waals surface area contributed by atoms with Crippen LogP contribution in [0.1, 0.15) is 6.42 Å². The summed E-state index contributed by atoms with van der Waals surface area (Å²) in [4.78, 5) is 11.1. The van der Waals surface area contributed by atoms with Gasteiger partial charge in [-0.2, -0.15) is 0 Å². The van der Waals surface area contributed by atoms with Crippen molar-refractivity contribution in [2.75, 3.05) is 33.2 Å². The average molecular weight is 332 g/mol. The first kappa shape index (κ1) is 18.4.